The minimum Gasteiger partial charge on any atom is -0.364 e. The van der Waals surface area contributed by atoms with Crippen molar-refractivity contribution in [3.05, 3.63) is 48.4 Å². The Hall–Kier alpha value is -2.10. The SMILES string of the molecule is CN=C(NCC(=O)Nc1ccccc1)N(C)Cc1ccon1.I. The zero-order chi connectivity index (χ0) is 15.8. The molecule has 8 heteroatoms. The summed E-state index contributed by atoms with van der Waals surface area (Å²) < 4.78 is 4.79. The molecule has 2 aromatic rings. The number of hydrogen-bond donors (Lipinski definition) is 2. The van der Waals surface area contributed by atoms with Gasteiger partial charge in [0.1, 0.15) is 12.0 Å². The second-order valence-electron chi connectivity index (χ2n) is 4.66. The van der Waals surface area contributed by atoms with Crippen molar-refractivity contribution in [1.82, 2.24) is 15.4 Å². The van der Waals surface area contributed by atoms with Crippen LogP contribution in [0.4, 0.5) is 5.69 Å². The number of aromatic nitrogens is 1. The van der Waals surface area contributed by atoms with E-state index in [1.165, 1.54) is 6.26 Å². The van der Waals surface area contributed by atoms with Gasteiger partial charge in [0.25, 0.3) is 0 Å². The molecule has 7 nitrogen and oxygen atoms in total. The average molecular weight is 429 g/mol. The number of para-hydroxylation sites is 1. The second-order valence-corrected chi connectivity index (χ2v) is 4.66. The summed E-state index contributed by atoms with van der Waals surface area (Å²) in [6.07, 6.45) is 1.52. The van der Waals surface area contributed by atoms with Crippen LogP contribution in [0.2, 0.25) is 0 Å². The third-order valence-electron chi connectivity index (χ3n) is 2.93. The van der Waals surface area contributed by atoms with Gasteiger partial charge in [-0.15, -0.1) is 24.0 Å². The van der Waals surface area contributed by atoms with E-state index in [-0.39, 0.29) is 36.4 Å². The van der Waals surface area contributed by atoms with E-state index in [1.807, 2.05) is 42.3 Å². The number of benzene rings is 1. The van der Waals surface area contributed by atoms with E-state index >= 15 is 0 Å². The largest absolute Gasteiger partial charge is 0.364 e. The first-order valence-corrected chi connectivity index (χ1v) is 6.85. The maximum atomic E-state index is 11.9. The summed E-state index contributed by atoms with van der Waals surface area (Å²) in [6, 6.07) is 11.1. The van der Waals surface area contributed by atoms with Gasteiger partial charge in [-0.3, -0.25) is 9.79 Å². The Morgan fingerprint density at radius 2 is 2.04 bits per heavy atom. The first-order valence-electron chi connectivity index (χ1n) is 6.85. The molecule has 0 aliphatic carbocycles. The van der Waals surface area contributed by atoms with Crippen molar-refractivity contribution < 1.29 is 9.32 Å². The van der Waals surface area contributed by atoms with Crippen molar-refractivity contribution >= 4 is 41.5 Å². The van der Waals surface area contributed by atoms with Gasteiger partial charge in [0.05, 0.1) is 13.1 Å². The van der Waals surface area contributed by atoms with Gasteiger partial charge in [-0.2, -0.15) is 0 Å². The quantitative estimate of drug-likeness (QED) is 0.432. The molecule has 0 unspecified atom stereocenters. The Morgan fingerprint density at radius 3 is 2.65 bits per heavy atom. The van der Waals surface area contributed by atoms with Gasteiger partial charge < -0.3 is 20.1 Å². The molecular weight excluding hydrogens is 409 g/mol. The van der Waals surface area contributed by atoms with Crippen LogP contribution >= 0.6 is 24.0 Å². The van der Waals surface area contributed by atoms with Crippen LogP contribution in [0.25, 0.3) is 0 Å². The molecule has 0 saturated heterocycles. The van der Waals surface area contributed by atoms with Crippen LogP contribution in [0.1, 0.15) is 5.69 Å². The highest BCUT2D eigenvalue weighted by Crippen LogP contribution is 2.04. The Balaban J connectivity index is 0.00000264. The monoisotopic (exact) mass is 429 g/mol. The van der Waals surface area contributed by atoms with E-state index in [1.54, 1.807) is 13.1 Å². The average Bonchev–Trinajstić information content (AvgIpc) is 3.01. The van der Waals surface area contributed by atoms with Crippen LogP contribution in [-0.2, 0) is 11.3 Å². The second kappa shape index (κ2) is 9.82. The fourth-order valence-electron chi connectivity index (χ4n) is 1.91. The van der Waals surface area contributed by atoms with E-state index in [4.69, 9.17) is 4.52 Å². The molecule has 1 aromatic carbocycles. The summed E-state index contributed by atoms with van der Waals surface area (Å²) in [7, 11) is 3.52. The summed E-state index contributed by atoms with van der Waals surface area (Å²) >= 11 is 0. The van der Waals surface area contributed by atoms with E-state index < -0.39 is 0 Å². The number of anilines is 1. The molecule has 0 radical (unpaired) electrons. The Morgan fingerprint density at radius 1 is 1.30 bits per heavy atom. The molecule has 0 bridgehead atoms. The number of aliphatic imine (C=N–C) groups is 1. The normalized spacial score (nSPS) is 10.6. The number of nitrogens with zero attached hydrogens (tertiary/aromatic N) is 3. The molecule has 0 atom stereocenters. The topological polar surface area (TPSA) is 82.8 Å². The third-order valence-corrected chi connectivity index (χ3v) is 2.93. The first-order chi connectivity index (χ1) is 10.7. The van der Waals surface area contributed by atoms with Crippen molar-refractivity contribution in [3.8, 4) is 0 Å². The highest BCUT2D eigenvalue weighted by atomic mass is 127. The molecule has 1 amide bonds. The Kier molecular flexibility index (Phi) is 8.09. The van der Waals surface area contributed by atoms with E-state index in [9.17, 15) is 4.79 Å². The highest BCUT2D eigenvalue weighted by molar-refractivity contribution is 14.0. The van der Waals surface area contributed by atoms with Crippen molar-refractivity contribution in [2.24, 2.45) is 4.99 Å². The van der Waals surface area contributed by atoms with E-state index in [0.717, 1.165) is 11.4 Å². The summed E-state index contributed by atoms with van der Waals surface area (Å²) in [5.74, 6) is 0.466. The molecule has 2 rings (SSSR count). The summed E-state index contributed by atoms with van der Waals surface area (Å²) in [5.41, 5.74) is 1.56. The number of rotatable bonds is 5. The van der Waals surface area contributed by atoms with E-state index in [2.05, 4.69) is 20.8 Å². The molecule has 124 valence electrons. The molecule has 1 aromatic heterocycles. The summed E-state index contributed by atoms with van der Waals surface area (Å²) in [4.78, 5) is 17.9. The van der Waals surface area contributed by atoms with Crippen LogP contribution < -0.4 is 10.6 Å². The molecular formula is C15H20IN5O2. The van der Waals surface area contributed by atoms with Crippen LogP contribution in [-0.4, -0.2) is 42.6 Å². The molecule has 0 saturated carbocycles. The molecule has 0 aliphatic rings. The Labute approximate surface area is 152 Å². The van der Waals surface area contributed by atoms with Crippen LogP contribution in [0, 0.1) is 0 Å². The van der Waals surface area contributed by atoms with Crippen LogP contribution in [0.15, 0.2) is 52.2 Å². The lowest BCUT2D eigenvalue weighted by Crippen LogP contribution is -2.42. The van der Waals surface area contributed by atoms with Gasteiger partial charge in [-0.1, -0.05) is 23.4 Å². The Bertz CT molecular complexity index is 616. The van der Waals surface area contributed by atoms with Crippen LogP contribution in [0.5, 0.6) is 0 Å². The maximum absolute atomic E-state index is 11.9. The van der Waals surface area contributed by atoms with Crippen LogP contribution in [0.3, 0.4) is 0 Å². The van der Waals surface area contributed by atoms with Crippen molar-refractivity contribution in [1.29, 1.82) is 0 Å². The smallest absolute Gasteiger partial charge is 0.243 e. The number of halogens is 1. The minimum atomic E-state index is -0.137. The zero-order valence-electron chi connectivity index (χ0n) is 13.0. The molecule has 2 N–H and O–H groups in total. The number of nitrogens with one attached hydrogen (secondary N) is 2. The van der Waals surface area contributed by atoms with Gasteiger partial charge in [0.2, 0.25) is 5.91 Å². The first kappa shape index (κ1) is 18.9. The zero-order valence-corrected chi connectivity index (χ0v) is 15.4. The lowest BCUT2D eigenvalue weighted by molar-refractivity contribution is -0.115. The molecule has 23 heavy (non-hydrogen) atoms. The maximum Gasteiger partial charge on any atom is 0.243 e. The van der Waals surface area contributed by atoms with Gasteiger partial charge in [-0.25, -0.2) is 0 Å². The molecule has 1 heterocycles. The minimum absolute atomic E-state index is 0. The fraction of sp³-hybridized carbons (Fsp3) is 0.267. The van der Waals surface area contributed by atoms with Crippen molar-refractivity contribution in [2.75, 3.05) is 26.0 Å². The standard InChI is InChI=1S/C15H19N5O2.HI/c1-16-15(20(2)11-13-8-9-22-19-13)17-10-14(21)18-12-6-4-3-5-7-12;/h3-9H,10-11H2,1-2H3,(H,16,17)(H,18,21);1H. The van der Waals surface area contributed by atoms with Gasteiger partial charge in [-0.05, 0) is 12.1 Å². The lowest BCUT2D eigenvalue weighted by Gasteiger charge is -2.20. The predicted octanol–water partition coefficient (Wildman–Crippen LogP) is 1.94. The number of hydrogen-bond acceptors (Lipinski definition) is 4. The highest BCUT2D eigenvalue weighted by Gasteiger charge is 2.10. The number of amides is 1. The van der Waals surface area contributed by atoms with Gasteiger partial charge in [0, 0.05) is 25.8 Å². The summed E-state index contributed by atoms with van der Waals surface area (Å²) in [6.45, 7) is 0.668. The molecule has 0 fully saturated rings. The van der Waals surface area contributed by atoms with Crippen molar-refractivity contribution in [2.45, 2.75) is 6.54 Å². The van der Waals surface area contributed by atoms with Gasteiger partial charge in [0.15, 0.2) is 5.96 Å². The number of guanidine groups is 1. The van der Waals surface area contributed by atoms with Crippen molar-refractivity contribution in [3.63, 3.8) is 0 Å². The summed E-state index contributed by atoms with van der Waals surface area (Å²) in [5, 5.41) is 9.66. The molecule has 0 aliphatic heterocycles. The van der Waals surface area contributed by atoms with Gasteiger partial charge >= 0.3 is 0 Å². The number of carbonyl (C=O) groups is 1. The molecule has 0 spiro atoms. The fourth-order valence-corrected chi connectivity index (χ4v) is 1.91. The third kappa shape index (κ3) is 6.27. The number of carbonyl (C=O) groups excluding carboxylic acids is 1. The predicted molar refractivity (Wildman–Crippen MR) is 99.8 cm³/mol. The lowest BCUT2D eigenvalue weighted by atomic mass is 10.3. The van der Waals surface area contributed by atoms with E-state index in [0.29, 0.717) is 12.5 Å².